The molecule has 16 heavy (non-hydrogen) atoms. The first-order chi connectivity index (χ1) is 7.38. The fraction of sp³-hybridized carbons (Fsp3) is 0.250. The van der Waals surface area contributed by atoms with Gasteiger partial charge in [0.1, 0.15) is 0 Å². The Kier molecular flexibility index (Phi) is 3.93. The van der Waals surface area contributed by atoms with Crippen molar-refractivity contribution < 1.29 is 13.3 Å². The Morgan fingerprint density at radius 3 is 2.31 bits per heavy atom. The minimum atomic E-state index is -3.67. The van der Waals surface area contributed by atoms with Crippen LogP contribution in [0.2, 0.25) is 0 Å². The molecule has 0 radical (unpaired) electrons. The molecule has 1 aromatic carbocycles. The second kappa shape index (κ2) is 5.01. The molecule has 0 aliphatic heterocycles. The van der Waals surface area contributed by atoms with Crippen molar-refractivity contribution in [1.82, 2.24) is 4.72 Å². The minimum absolute atomic E-state index is 0.00292. The molecule has 0 fully saturated rings. The lowest BCUT2D eigenvalue weighted by Gasteiger charge is -2.01. The van der Waals surface area contributed by atoms with E-state index >= 15 is 0 Å². The third-order valence-electron chi connectivity index (χ3n) is 1.86. The second-order valence-corrected chi connectivity index (χ2v) is 4.49. The number of nitrogens with one attached hydrogen (secondary N) is 1. The summed E-state index contributed by atoms with van der Waals surface area (Å²) in [7, 11) is -3.67. The number of rotatable bonds is 5. The van der Waals surface area contributed by atoms with Crippen molar-refractivity contribution in [2.45, 2.75) is 6.42 Å². The van der Waals surface area contributed by atoms with Gasteiger partial charge in [-0.25, -0.2) is 9.86 Å². The van der Waals surface area contributed by atoms with E-state index in [0.717, 1.165) is 5.56 Å². The summed E-state index contributed by atoms with van der Waals surface area (Å²) in [4.78, 5) is 9.86. The first kappa shape index (κ1) is 12.6. The zero-order valence-corrected chi connectivity index (χ0v) is 9.11. The number of nitro groups is 1. The van der Waals surface area contributed by atoms with Crippen LogP contribution in [0.25, 0.3) is 0 Å². The van der Waals surface area contributed by atoms with Crippen molar-refractivity contribution in [3.8, 4) is 0 Å². The molecule has 0 saturated carbocycles. The topological polar surface area (TPSA) is 115 Å². The lowest BCUT2D eigenvalue weighted by Crippen LogP contribution is -2.32. The standard InChI is InChI=1S/C8H11N3O4S/c9-16(14,15)10-6-5-7-1-3-8(4-2-7)11(12)13/h1-4,10H,5-6H2,(H2,9,14,15). The highest BCUT2D eigenvalue weighted by Crippen LogP contribution is 2.11. The predicted octanol–water partition coefficient (Wildman–Crippen LogP) is -0.0696. The zero-order chi connectivity index (χ0) is 12.2. The maximum absolute atomic E-state index is 10.5. The summed E-state index contributed by atoms with van der Waals surface area (Å²) < 4.78 is 23.2. The molecule has 0 spiro atoms. The van der Waals surface area contributed by atoms with Crippen molar-refractivity contribution in [1.29, 1.82) is 0 Å². The van der Waals surface area contributed by atoms with Gasteiger partial charge >= 0.3 is 0 Å². The molecule has 1 aromatic rings. The van der Waals surface area contributed by atoms with Gasteiger partial charge in [-0.05, 0) is 12.0 Å². The Hall–Kier alpha value is -1.51. The maximum atomic E-state index is 10.5. The Morgan fingerprint density at radius 2 is 1.88 bits per heavy atom. The van der Waals surface area contributed by atoms with Gasteiger partial charge in [0.2, 0.25) is 0 Å². The Labute approximate surface area is 92.6 Å². The number of benzene rings is 1. The van der Waals surface area contributed by atoms with Crippen molar-refractivity contribution in [2.24, 2.45) is 5.14 Å². The fourth-order valence-electron chi connectivity index (χ4n) is 1.12. The molecule has 0 aliphatic carbocycles. The van der Waals surface area contributed by atoms with E-state index in [1.54, 1.807) is 12.1 Å². The molecule has 0 bridgehead atoms. The first-order valence-electron chi connectivity index (χ1n) is 4.39. The zero-order valence-electron chi connectivity index (χ0n) is 8.29. The van der Waals surface area contributed by atoms with Crippen LogP contribution in [-0.2, 0) is 16.6 Å². The lowest BCUT2D eigenvalue weighted by molar-refractivity contribution is -0.384. The van der Waals surface area contributed by atoms with Crippen molar-refractivity contribution in [3.63, 3.8) is 0 Å². The molecule has 8 heteroatoms. The number of non-ortho nitro benzene ring substituents is 1. The highest BCUT2D eigenvalue weighted by Gasteiger charge is 2.04. The van der Waals surface area contributed by atoms with Gasteiger partial charge in [-0.2, -0.15) is 8.42 Å². The van der Waals surface area contributed by atoms with Crippen LogP contribution in [0.1, 0.15) is 5.56 Å². The van der Waals surface area contributed by atoms with E-state index in [-0.39, 0.29) is 12.2 Å². The van der Waals surface area contributed by atoms with Crippen LogP contribution in [0.5, 0.6) is 0 Å². The summed E-state index contributed by atoms with van der Waals surface area (Å²) >= 11 is 0. The van der Waals surface area contributed by atoms with Crippen LogP contribution >= 0.6 is 0 Å². The number of hydrogen-bond acceptors (Lipinski definition) is 4. The van der Waals surface area contributed by atoms with E-state index in [2.05, 4.69) is 4.72 Å². The average Bonchev–Trinajstić information content (AvgIpc) is 2.16. The van der Waals surface area contributed by atoms with E-state index in [1.165, 1.54) is 12.1 Å². The van der Waals surface area contributed by atoms with E-state index in [9.17, 15) is 18.5 Å². The quantitative estimate of drug-likeness (QED) is 0.558. The minimum Gasteiger partial charge on any atom is -0.258 e. The number of nitrogens with zero attached hydrogens (tertiary/aromatic N) is 1. The van der Waals surface area contributed by atoms with Crippen LogP contribution in [-0.4, -0.2) is 19.9 Å². The SMILES string of the molecule is NS(=O)(=O)NCCc1ccc([N+](=O)[O-])cc1. The third kappa shape index (κ3) is 4.34. The Bertz CT molecular complexity index is 469. The maximum Gasteiger partial charge on any atom is 0.274 e. The van der Waals surface area contributed by atoms with Gasteiger partial charge in [-0.15, -0.1) is 0 Å². The molecular weight excluding hydrogens is 234 g/mol. The molecule has 0 aliphatic rings. The van der Waals surface area contributed by atoms with Crippen LogP contribution in [0.3, 0.4) is 0 Å². The molecule has 7 nitrogen and oxygen atoms in total. The molecule has 0 amide bonds. The van der Waals surface area contributed by atoms with Crippen LogP contribution in [0.15, 0.2) is 24.3 Å². The first-order valence-corrected chi connectivity index (χ1v) is 5.94. The highest BCUT2D eigenvalue weighted by atomic mass is 32.2. The summed E-state index contributed by atoms with van der Waals surface area (Å²) in [6.07, 6.45) is 0.425. The molecule has 88 valence electrons. The molecule has 0 atom stereocenters. The monoisotopic (exact) mass is 245 g/mol. The second-order valence-electron chi connectivity index (χ2n) is 3.11. The summed E-state index contributed by atoms with van der Waals surface area (Å²) in [6, 6.07) is 5.88. The number of nitrogens with two attached hydrogens (primary N) is 1. The molecule has 0 heterocycles. The third-order valence-corrected chi connectivity index (χ3v) is 2.47. The molecule has 0 aromatic heterocycles. The average molecular weight is 245 g/mol. The van der Waals surface area contributed by atoms with E-state index in [1.807, 2.05) is 0 Å². The van der Waals surface area contributed by atoms with Crippen molar-refractivity contribution in [3.05, 3.63) is 39.9 Å². The molecule has 3 N–H and O–H groups in total. The normalized spacial score (nSPS) is 11.3. The van der Waals surface area contributed by atoms with E-state index < -0.39 is 15.1 Å². The van der Waals surface area contributed by atoms with Gasteiger partial charge in [0, 0.05) is 18.7 Å². The summed E-state index contributed by atoms with van der Waals surface area (Å²) in [5.74, 6) is 0. The van der Waals surface area contributed by atoms with Gasteiger partial charge < -0.3 is 0 Å². The summed E-state index contributed by atoms with van der Waals surface area (Å²) in [5, 5.41) is 15.1. The predicted molar refractivity (Wildman–Crippen MR) is 57.9 cm³/mol. The molecule has 0 saturated heterocycles. The van der Waals surface area contributed by atoms with Gasteiger partial charge in [0.05, 0.1) is 4.92 Å². The number of hydrogen-bond donors (Lipinski definition) is 2. The lowest BCUT2D eigenvalue weighted by atomic mass is 10.1. The molecular formula is C8H11N3O4S. The van der Waals surface area contributed by atoms with Gasteiger partial charge in [0.25, 0.3) is 15.9 Å². The van der Waals surface area contributed by atoms with E-state index in [4.69, 9.17) is 5.14 Å². The van der Waals surface area contributed by atoms with Crippen molar-refractivity contribution >= 4 is 15.9 Å². The van der Waals surface area contributed by atoms with E-state index in [0.29, 0.717) is 6.42 Å². The van der Waals surface area contributed by atoms with Crippen LogP contribution < -0.4 is 9.86 Å². The van der Waals surface area contributed by atoms with Crippen LogP contribution in [0, 0.1) is 10.1 Å². The molecule has 1 rings (SSSR count). The Balaban J connectivity index is 2.53. The Morgan fingerprint density at radius 1 is 1.31 bits per heavy atom. The largest absolute Gasteiger partial charge is 0.274 e. The summed E-state index contributed by atoms with van der Waals surface area (Å²) in [5.41, 5.74) is 0.796. The fourth-order valence-corrected chi connectivity index (χ4v) is 1.51. The highest BCUT2D eigenvalue weighted by molar-refractivity contribution is 7.87. The summed E-state index contributed by atoms with van der Waals surface area (Å²) in [6.45, 7) is 0.163. The van der Waals surface area contributed by atoms with Crippen LogP contribution in [0.4, 0.5) is 5.69 Å². The van der Waals surface area contributed by atoms with Gasteiger partial charge in [-0.1, -0.05) is 12.1 Å². The molecule has 0 unspecified atom stereocenters. The number of nitro benzene ring substituents is 1. The van der Waals surface area contributed by atoms with Gasteiger partial charge in [-0.3, -0.25) is 10.1 Å². The van der Waals surface area contributed by atoms with Gasteiger partial charge in [0.15, 0.2) is 0 Å². The van der Waals surface area contributed by atoms with Crippen molar-refractivity contribution in [2.75, 3.05) is 6.54 Å². The smallest absolute Gasteiger partial charge is 0.258 e.